The van der Waals surface area contributed by atoms with Crippen molar-refractivity contribution in [1.82, 2.24) is 0 Å². The summed E-state index contributed by atoms with van der Waals surface area (Å²) in [6, 6.07) is 8.06. The van der Waals surface area contributed by atoms with E-state index in [2.05, 4.69) is 19.9 Å². The molecular formula is C12H14N2. The van der Waals surface area contributed by atoms with E-state index in [1.54, 1.807) is 0 Å². The fourth-order valence-corrected chi connectivity index (χ4v) is 2.15. The number of nitriles is 1. The van der Waals surface area contributed by atoms with Crippen molar-refractivity contribution in [1.29, 1.82) is 5.26 Å². The Morgan fingerprint density at radius 2 is 2.21 bits per heavy atom. The number of hydrogen-bond acceptors (Lipinski definition) is 2. The SMILES string of the molecule is CC1(C)Cc2cc(C#N)ccc2C1N. The van der Waals surface area contributed by atoms with Gasteiger partial charge in [0.05, 0.1) is 11.6 Å². The van der Waals surface area contributed by atoms with Crippen molar-refractivity contribution in [2.24, 2.45) is 11.1 Å². The molecule has 0 saturated heterocycles. The van der Waals surface area contributed by atoms with Crippen LogP contribution in [-0.4, -0.2) is 0 Å². The quantitative estimate of drug-likeness (QED) is 0.674. The molecule has 0 amide bonds. The monoisotopic (exact) mass is 186 g/mol. The van der Waals surface area contributed by atoms with E-state index in [0.717, 1.165) is 12.0 Å². The summed E-state index contributed by atoms with van der Waals surface area (Å²) in [4.78, 5) is 0. The molecule has 0 bridgehead atoms. The second-order valence-corrected chi connectivity index (χ2v) is 4.67. The Morgan fingerprint density at radius 1 is 1.50 bits per heavy atom. The van der Waals surface area contributed by atoms with Gasteiger partial charge >= 0.3 is 0 Å². The Hall–Kier alpha value is -1.33. The highest BCUT2D eigenvalue weighted by atomic mass is 14.7. The molecule has 1 unspecified atom stereocenters. The second-order valence-electron chi connectivity index (χ2n) is 4.67. The third kappa shape index (κ3) is 1.21. The molecule has 0 heterocycles. The van der Waals surface area contributed by atoms with Crippen molar-refractivity contribution in [2.45, 2.75) is 26.3 Å². The van der Waals surface area contributed by atoms with Crippen molar-refractivity contribution in [3.05, 3.63) is 34.9 Å². The molecule has 0 fully saturated rings. The van der Waals surface area contributed by atoms with Gasteiger partial charge in [-0.25, -0.2) is 0 Å². The maximum Gasteiger partial charge on any atom is 0.0991 e. The molecule has 1 aromatic carbocycles. The van der Waals surface area contributed by atoms with Crippen molar-refractivity contribution in [3.63, 3.8) is 0 Å². The van der Waals surface area contributed by atoms with E-state index >= 15 is 0 Å². The van der Waals surface area contributed by atoms with E-state index < -0.39 is 0 Å². The van der Waals surface area contributed by atoms with Gasteiger partial charge in [0.15, 0.2) is 0 Å². The molecule has 1 atom stereocenters. The van der Waals surface area contributed by atoms with E-state index in [-0.39, 0.29) is 11.5 Å². The van der Waals surface area contributed by atoms with E-state index in [9.17, 15) is 0 Å². The number of benzene rings is 1. The standard InChI is InChI=1S/C12H14N2/c1-12(2)6-9-5-8(7-13)3-4-10(9)11(12)14/h3-5,11H,6,14H2,1-2H3. The fourth-order valence-electron chi connectivity index (χ4n) is 2.15. The highest BCUT2D eigenvalue weighted by Gasteiger charge is 2.36. The first-order valence-corrected chi connectivity index (χ1v) is 4.83. The Balaban J connectivity index is 2.50. The highest BCUT2D eigenvalue weighted by molar-refractivity contribution is 5.43. The van der Waals surface area contributed by atoms with E-state index in [1.165, 1.54) is 11.1 Å². The zero-order valence-electron chi connectivity index (χ0n) is 8.54. The van der Waals surface area contributed by atoms with E-state index in [0.29, 0.717) is 0 Å². The summed E-state index contributed by atoms with van der Waals surface area (Å²) in [7, 11) is 0. The number of fused-ring (bicyclic) bond motifs is 1. The van der Waals surface area contributed by atoms with Gasteiger partial charge in [-0.2, -0.15) is 5.26 Å². The molecule has 1 aromatic rings. The van der Waals surface area contributed by atoms with Crippen LogP contribution < -0.4 is 5.73 Å². The normalized spacial score (nSPS) is 22.9. The first-order valence-electron chi connectivity index (χ1n) is 4.83. The van der Waals surface area contributed by atoms with Gasteiger partial charge in [-0.15, -0.1) is 0 Å². The molecule has 72 valence electrons. The molecule has 2 rings (SSSR count). The average molecular weight is 186 g/mol. The zero-order valence-corrected chi connectivity index (χ0v) is 8.54. The summed E-state index contributed by atoms with van der Waals surface area (Å²) in [6.07, 6.45) is 0.971. The molecule has 2 N–H and O–H groups in total. The molecule has 1 aliphatic rings. The first-order chi connectivity index (χ1) is 6.54. The van der Waals surface area contributed by atoms with Gasteiger partial charge in [0.2, 0.25) is 0 Å². The number of nitrogens with zero attached hydrogens (tertiary/aromatic N) is 1. The molecule has 1 aliphatic carbocycles. The van der Waals surface area contributed by atoms with Gasteiger partial charge < -0.3 is 5.73 Å². The lowest BCUT2D eigenvalue weighted by Gasteiger charge is -2.23. The van der Waals surface area contributed by atoms with Crippen molar-refractivity contribution >= 4 is 0 Å². The summed E-state index contributed by atoms with van der Waals surface area (Å²) in [5.41, 5.74) is 9.42. The average Bonchev–Trinajstić information content (AvgIpc) is 2.37. The minimum atomic E-state index is 0.102. The lowest BCUT2D eigenvalue weighted by atomic mass is 9.86. The molecule has 0 saturated carbocycles. The summed E-state index contributed by atoms with van der Waals surface area (Å²) in [6.45, 7) is 4.34. The Bertz CT molecular complexity index is 413. The lowest BCUT2D eigenvalue weighted by molar-refractivity contribution is 0.319. The van der Waals surface area contributed by atoms with E-state index in [4.69, 9.17) is 11.0 Å². The van der Waals surface area contributed by atoms with Crippen molar-refractivity contribution in [2.75, 3.05) is 0 Å². The van der Waals surface area contributed by atoms with Crippen LogP contribution in [0.3, 0.4) is 0 Å². The topological polar surface area (TPSA) is 49.8 Å². The molecule has 2 nitrogen and oxygen atoms in total. The number of rotatable bonds is 0. The van der Waals surface area contributed by atoms with Crippen LogP contribution in [0.4, 0.5) is 0 Å². The van der Waals surface area contributed by atoms with Crippen LogP contribution in [-0.2, 0) is 6.42 Å². The van der Waals surface area contributed by atoms with Gasteiger partial charge in [0.1, 0.15) is 0 Å². The van der Waals surface area contributed by atoms with Gasteiger partial charge in [0.25, 0.3) is 0 Å². The third-order valence-electron chi connectivity index (χ3n) is 3.10. The van der Waals surface area contributed by atoms with Crippen LogP contribution in [0.15, 0.2) is 18.2 Å². The molecule has 0 radical (unpaired) electrons. The Labute approximate surface area is 84.3 Å². The van der Waals surface area contributed by atoms with Crippen LogP contribution in [0.1, 0.15) is 36.6 Å². The van der Waals surface area contributed by atoms with Gasteiger partial charge in [0, 0.05) is 6.04 Å². The maximum absolute atomic E-state index is 8.78. The largest absolute Gasteiger partial charge is 0.323 e. The smallest absolute Gasteiger partial charge is 0.0991 e. The van der Waals surface area contributed by atoms with Crippen LogP contribution in [0.2, 0.25) is 0 Å². The molecule has 0 spiro atoms. The van der Waals surface area contributed by atoms with Crippen molar-refractivity contribution in [3.8, 4) is 6.07 Å². The second kappa shape index (κ2) is 2.83. The number of hydrogen-bond donors (Lipinski definition) is 1. The van der Waals surface area contributed by atoms with Crippen LogP contribution in [0.5, 0.6) is 0 Å². The predicted octanol–water partition coefficient (Wildman–Crippen LogP) is 2.14. The predicted molar refractivity (Wildman–Crippen MR) is 55.6 cm³/mol. The van der Waals surface area contributed by atoms with Crippen molar-refractivity contribution < 1.29 is 0 Å². The molecular weight excluding hydrogens is 172 g/mol. The van der Waals surface area contributed by atoms with Crippen LogP contribution in [0, 0.1) is 16.7 Å². The molecule has 0 aliphatic heterocycles. The third-order valence-corrected chi connectivity index (χ3v) is 3.10. The summed E-state index contributed by atoms with van der Waals surface area (Å²) >= 11 is 0. The van der Waals surface area contributed by atoms with Gasteiger partial charge in [-0.1, -0.05) is 19.9 Å². The lowest BCUT2D eigenvalue weighted by Crippen LogP contribution is -2.24. The van der Waals surface area contributed by atoms with Crippen LogP contribution >= 0.6 is 0 Å². The fraction of sp³-hybridized carbons (Fsp3) is 0.417. The van der Waals surface area contributed by atoms with Gasteiger partial charge in [-0.3, -0.25) is 0 Å². The first kappa shape index (κ1) is 9.23. The minimum absolute atomic E-state index is 0.102. The molecule has 0 aromatic heterocycles. The zero-order chi connectivity index (χ0) is 10.3. The maximum atomic E-state index is 8.78. The Kier molecular flexibility index (Phi) is 1.87. The number of nitrogens with two attached hydrogens (primary N) is 1. The molecule has 14 heavy (non-hydrogen) atoms. The Morgan fingerprint density at radius 3 is 2.86 bits per heavy atom. The van der Waals surface area contributed by atoms with E-state index in [1.807, 2.05) is 18.2 Å². The minimum Gasteiger partial charge on any atom is -0.323 e. The summed E-state index contributed by atoms with van der Waals surface area (Å²) in [5.74, 6) is 0. The summed E-state index contributed by atoms with van der Waals surface area (Å²) in [5, 5.41) is 8.78. The van der Waals surface area contributed by atoms with Gasteiger partial charge in [-0.05, 0) is 35.1 Å². The van der Waals surface area contributed by atoms with Crippen LogP contribution in [0.25, 0.3) is 0 Å². The molecule has 2 heteroatoms. The summed E-state index contributed by atoms with van der Waals surface area (Å²) < 4.78 is 0. The highest BCUT2D eigenvalue weighted by Crippen LogP contribution is 2.43.